The van der Waals surface area contributed by atoms with Gasteiger partial charge in [0.15, 0.2) is 0 Å². The molecule has 1 saturated heterocycles. The van der Waals surface area contributed by atoms with Crippen molar-refractivity contribution in [3.63, 3.8) is 0 Å². The summed E-state index contributed by atoms with van der Waals surface area (Å²) in [4.78, 5) is 4.33. The Morgan fingerprint density at radius 1 is 1.62 bits per heavy atom. The molecule has 1 fully saturated rings. The van der Waals surface area contributed by atoms with Gasteiger partial charge in [0, 0.05) is 12.8 Å². The lowest BCUT2D eigenvalue weighted by atomic mass is 9.94. The molecule has 0 bridgehead atoms. The first-order valence-electron chi connectivity index (χ1n) is 5.63. The van der Waals surface area contributed by atoms with Crippen molar-refractivity contribution < 1.29 is 4.74 Å². The molecule has 88 valence electrons. The Labute approximate surface area is 96.2 Å². The molecule has 2 unspecified atom stereocenters. The topological polar surface area (TPSA) is 60.2 Å². The van der Waals surface area contributed by atoms with E-state index in [-0.39, 0.29) is 11.6 Å². The van der Waals surface area contributed by atoms with Gasteiger partial charge in [-0.25, -0.2) is 4.98 Å². The average Bonchev–Trinajstić information content (AvgIpc) is 2.52. The lowest BCUT2D eigenvalue weighted by Crippen LogP contribution is -2.41. The normalized spacial score (nSPS) is 29.3. The minimum atomic E-state index is -0.0730. The van der Waals surface area contributed by atoms with Crippen LogP contribution in [0.3, 0.4) is 0 Å². The summed E-state index contributed by atoms with van der Waals surface area (Å²) in [5.74, 6) is 0.755. The van der Waals surface area contributed by atoms with Crippen LogP contribution in [-0.4, -0.2) is 23.2 Å². The maximum atomic E-state index is 5.94. The number of nitrogens with zero attached hydrogens (tertiary/aromatic N) is 1. The van der Waals surface area contributed by atoms with Crippen LogP contribution in [0.1, 0.15) is 25.8 Å². The molecule has 0 aromatic carbocycles. The van der Waals surface area contributed by atoms with Gasteiger partial charge in [0.1, 0.15) is 5.82 Å². The second-order valence-electron chi connectivity index (χ2n) is 4.76. The van der Waals surface area contributed by atoms with Gasteiger partial charge in [-0.3, -0.25) is 0 Å². The van der Waals surface area contributed by atoms with Gasteiger partial charge in [-0.2, -0.15) is 0 Å². The molecule has 2 rings (SSSR count). The Morgan fingerprint density at radius 2 is 2.38 bits per heavy atom. The molecular weight excluding hydrogens is 202 g/mol. The summed E-state index contributed by atoms with van der Waals surface area (Å²) in [6.07, 6.45) is 2.97. The fourth-order valence-corrected chi connectivity index (χ4v) is 1.97. The summed E-state index contributed by atoms with van der Waals surface area (Å²) in [6.45, 7) is 6.99. The van der Waals surface area contributed by atoms with Crippen molar-refractivity contribution in [2.24, 2.45) is 0 Å². The van der Waals surface area contributed by atoms with Gasteiger partial charge >= 0.3 is 0 Å². The van der Waals surface area contributed by atoms with E-state index in [1.807, 2.05) is 19.2 Å². The van der Waals surface area contributed by atoms with Crippen LogP contribution >= 0.6 is 0 Å². The van der Waals surface area contributed by atoms with E-state index >= 15 is 0 Å². The number of nitrogens with two attached hydrogens (primary N) is 1. The highest BCUT2D eigenvalue weighted by Gasteiger charge is 2.37. The average molecular weight is 221 g/mol. The predicted octanol–water partition coefficient (Wildman–Crippen LogP) is 1.95. The molecule has 0 spiro atoms. The largest absolute Gasteiger partial charge is 0.396 e. The maximum Gasteiger partial charge on any atom is 0.149 e. The SMILES string of the molecule is Cc1cnc(NC2(C)CCOC2C)c(N)c1. The second kappa shape index (κ2) is 3.94. The van der Waals surface area contributed by atoms with Crippen LogP contribution in [0.4, 0.5) is 11.5 Å². The Balaban J connectivity index is 2.20. The molecule has 0 radical (unpaired) electrons. The van der Waals surface area contributed by atoms with E-state index in [0.29, 0.717) is 5.69 Å². The van der Waals surface area contributed by atoms with Crippen molar-refractivity contribution in [2.45, 2.75) is 38.8 Å². The number of pyridine rings is 1. The van der Waals surface area contributed by atoms with E-state index in [2.05, 4.69) is 24.1 Å². The molecule has 0 saturated carbocycles. The van der Waals surface area contributed by atoms with Crippen molar-refractivity contribution in [2.75, 3.05) is 17.7 Å². The zero-order valence-corrected chi connectivity index (χ0v) is 10.1. The number of hydrogen-bond acceptors (Lipinski definition) is 4. The van der Waals surface area contributed by atoms with Gasteiger partial charge in [0.25, 0.3) is 0 Å². The highest BCUT2D eigenvalue weighted by atomic mass is 16.5. The maximum absolute atomic E-state index is 5.94. The van der Waals surface area contributed by atoms with E-state index < -0.39 is 0 Å². The number of hydrogen-bond donors (Lipinski definition) is 2. The van der Waals surface area contributed by atoms with Gasteiger partial charge in [0.05, 0.1) is 17.3 Å². The Bertz CT molecular complexity index is 394. The lowest BCUT2D eigenvalue weighted by Gasteiger charge is -2.30. The molecule has 4 nitrogen and oxygen atoms in total. The number of nitrogens with one attached hydrogen (secondary N) is 1. The Kier molecular flexibility index (Phi) is 2.76. The van der Waals surface area contributed by atoms with Crippen LogP contribution in [0, 0.1) is 6.92 Å². The molecule has 3 N–H and O–H groups in total. The number of rotatable bonds is 2. The van der Waals surface area contributed by atoms with Crippen molar-refractivity contribution in [3.05, 3.63) is 17.8 Å². The van der Waals surface area contributed by atoms with E-state index in [9.17, 15) is 0 Å². The zero-order chi connectivity index (χ0) is 11.8. The molecule has 1 aliphatic heterocycles. The third kappa shape index (κ3) is 1.97. The first kappa shape index (κ1) is 11.2. The molecule has 1 aromatic rings. The summed E-state index contributed by atoms with van der Waals surface area (Å²) in [5, 5.41) is 3.40. The minimum absolute atomic E-state index is 0.0730. The van der Waals surface area contributed by atoms with Crippen molar-refractivity contribution in [1.29, 1.82) is 0 Å². The van der Waals surface area contributed by atoms with Gasteiger partial charge in [-0.05, 0) is 38.8 Å². The van der Waals surface area contributed by atoms with Gasteiger partial charge in [0.2, 0.25) is 0 Å². The number of ether oxygens (including phenoxy) is 1. The molecule has 16 heavy (non-hydrogen) atoms. The molecule has 2 atom stereocenters. The molecule has 0 amide bonds. The van der Waals surface area contributed by atoms with Crippen molar-refractivity contribution in [3.8, 4) is 0 Å². The van der Waals surface area contributed by atoms with E-state index in [0.717, 1.165) is 24.4 Å². The van der Waals surface area contributed by atoms with Crippen LogP contribution in [-0.2, 0) is 4.74 Å². The second-order valence-corrected chi connectivity index (χ2v) is 4.76. The summed E-state index contributed by atoms with van der Waals surface area (Å²) in [6, 6.07) is 1.93. The first-order chi connectivity index (χ1) is 7.51. The third-order valence-electron chi connectivity index (χ3n) is 3.34. The lowest BCUT2D eigenvalue weighted by molar-refractivity contribution is 0.105. The summed E-state index contributed by atoms with van der Waals surface area (Å²) >= 11 is 0. The molecule has 0 aliphatic carbocycles. The standard InChI is InChI=1S/C12H19N3O/c1-8-6-10(13)11(14-7-8)15-12(3)4-5-16-9(12)2/h6-7,9H,4-5,13H2,1-3H3,(H,14,15). The van der Waals surface area contributed by atoms with E-state index in [4.69, 9.17) is 10.5 Å². The monoisotopic (exact) mass is 221 g/mol. The van der Waals surface area contributed by atoms with E-state index in [1.54, 1.807) is 0 Å². The number of aryl methyl sites for hydroxylation is 1. The third-order valence-corrected chi connectivity index (χ3v) is 3.34. The minimum Gasteiger partial charge on any atom is -0.396 e. The van der Waals surface area contributed by atoms with Gasteiger partial charge < -0.3 is 15.8 Å². The van der Waals surface area contributed by atoms with Gasteiger partial charge in [-0.15, -0.1) is 0 Å². The predicted molar refractivity (Wildman–Crippen MR) is 65.4 cm³/mol. The molecule has 2 heterocycles. The molecule has 4 heteroatoms. The highest BCUT2D eigenvalue weighted by Crippen LogP contribution is 2.30. The van der Waals surface area contributed by atoms with Crippen molar-refractivity contribution in [1.82, 2.24) is 4.98 Å². The number of aromatic nitrogens is 1. The van der Waals surface area contributed by atoms with Gasteiger partial charge in [-0.1, -0.05) is 0 Å². The fourth-order valence-electron chi connectivity index (χ4n) is 1.97. The molecular formula is C12H19N3O. The quantitative estimate of drug-likeness (QED) is 0.801. The summed E-state index contributed by atoms with van der Waals surface area (Å²) in [7, 11) is 0. The smallest absolute Gasteiger partial charge is 0.149 e. The van der Waals surface area contributed by atoms with Crippen LogP contribution in [0.25, 0.3) is 0 Å². The van der Waals surface area contributed by atoms with Crippen LogP contribution < -0.4 is 11.1 Å². The first-order valence-corrected chi connectivity index (χ1v) is 5.63. The number of anilines is 2. The number of nitrogen functional groups attached to an aromatic ring is 1. The van der Waals surface area contributed by atoms with E-state index in [1.165, 1.54) is 0 Å². The highest BCUT2D eigenvalue weighted by molar-refractivity contribution is 5.62. The molecule has 1 aromatic heterocycles. The van der Waals surface area contributed by atoms with Crippen molar-refractivity contribution >= 4 is 11.5 Å². The summed E-state index contributed by atoms with van der Waals surface area (Å²) < 4.78 is 5.57. The zero-order valence-electron chi connectivity index (χ0n) is 10.1. The molecule has 1 aliphatic rings. The Morgan fingerprint density at radius 3 is 2.94 bits per heavy atom. The van der Waals surface area contributed by atoms with Crippen LogP contribution in [0.5, 0.6) is 0 Å². The van der Waals surface area contributed by atoms with Crippen LogP contribution in [0.15, 0.2) is 12.3 Å². The summed E-state index contributed by atoms with van der Waals surface area (Å²) in [5.41, 5.74) is 7.63. The Hall–Kier alpha value is -1.29. The fraction of sp³-hybridized carbons (Fsp3) is 0.583. The van der Waals surface area contributed by atoms with Crippen LogP contribution in [0.2, 0.25) is 0 Å².